The van der Waals surface area contributed by atoms with Crippen molar-refractivity contribution in [2.24, 2.45) is 0 Å². The van der Waals surface area contributed by atoms with Crippen LogP contribution in [-0.4, -0.2) is 10.8 Å². The molecule has 1 aromatic carbocycles. The van der Waals surface area contributed by atoms with Gasteiger partial charge in [-0.3, -0.25) is 4.79 Å². The zero-order valence-corrected chi connectivity index (χ0v) is 14.4. The van der Waals surface area contributed by atoms with E-state index in [0.29, 0.717) is 18.7 Å². The molecule has 3 rings (SSSR count). The number of rotatable bonds is 5. The SMILES string of the molecule is O=C(c1ccc(F)cc1Cl)N(Cc1cccs1)Cc1cccs1. The molecule has 0 atom stereocenters. The predicted octanol–water partition coefficient (Wildman–Crippen LogP) is 5.44. The Balaban J connectivity index is 1.88. The largest absolute Gasteiger partial charge is 0.328 e. The fourth-order valence-electron chi connectivity index (χ4n) is 2.21. The van der Waals surface area contributed by atoms with Crippen molar-refractivity contribution < 1.29 is 9.18 Å². The standard InChI is InChI=1S/C17H13ClFNOS2/c18-16-9-12(19)5-6-15(16)17(21)20(10-13-3-1-7-22-13)11-14-4-2-8-23-14/h1-9H,10-11H2. The fourth-order valence-corrected chi connectivity index (χ4v) is 3.90. The molecule has 0 aliphatic heterocycles. The van der Waals surface area contributed by atoms with Crippen LogP contribution in [0.5, 0.6) is 0 Å². The zero-order chi connectivity index (χ0) is 16.2. The molecule has 0 saturated heterocycles. The van der Waals surface area contributed by atoms with E-state index in [-0.39, 0.29) is 10.9 Å². The molecule has 0 fully saturated rings. The average molecular weight is 366 g/mol. The third kappa shape index (κ3) is 3.99. The summed E-state index contributed by atoms with van der Waals surface area (Å²) in [5.74, 6) is -0.647. The van der Waals surface area contributed by atoms with Gasteiger partial charge in [0, 0.05) is 9.75 Å². The first-order chi connectivity index (χ1) is 11.1. The number of benzene rings is 1. The van der Waals surface area contributed by atoms with Gasteiger partial charge in [0.1, 0.15) is 5.82 Å². The van der Waals surface area contributed by atoms with Crippen LogP contribution in [-0.2, 0) is 13.1 Å². The van der Waals surface area contributed by atoms with E-state index in [4.69, 9.17) is 11.6 Å². The average Bonchev–Trinajstić information content (AvgIpc) is 3.19. The summed E-state index contributed by atoms with van der Waals surface area (Å²) in [6, 6.07) is 11.8. The highest BCUT2D eigenvalue weighted by Gasteiger charge is 2.20. The number of amides is 1. The molecule has 0 bridgehead atoms. The fraction of sp³-hybridized carbons (Fsp3) is 0.118. The second-order valence-corrected chi connectivity index (χ2v) is 7.42. The molecule has 6 heteroatoms. The molecule has 0 radical (unpaired) electrons. The van der Waals surface area contributed by atoms with Crippen LogP contribution < -0.4 is 0 Å². The van der Waals surface area contributed by atoms with E-state index in [1.165, 1.54) is 18.2 Å². The Morgan fingerprint density at radius 3 is 2.13 bits per heavy atom. The van der Waals surface area contributed by atoms with Gasteiger partial charge in [-0.05, 0) is 41.1 Å². The summed E-state index contributed by atoms with van der Waals surface area (Å²) < 4.78 is 13.2. The number of hydrogen-bond donors (Lipinski definition) is 0. The number of carbonyl (C=O) groups is 1. The lowest BCUT2D eigenvalue weighted by Gasteiger charge is -2.22. The van der Waals surface area contributed by atoms with Gasteiger partial charge in [0.2, 0.25) is 0 Å². The lowest BCUT2D eigenvalue weighted by atomic mass is 10.2. The van der Waals surface area contributed by atoms with Crippen LogP contribution in [0.3, 0.4) is 0 Å². The van der Waals surface area contributed by atoms with E-state index < -0.39 is 5.82 Å². The molecule has 0 spiro atoms. The number of carbonyl (C=O) groups excluding carboxylic acids is 1. The van der Waals surface area contributed by atoms with Crippen LogP contribution in [0.25, 0.3) is 0 Å². The van der Waals surface area contributed by atoms with Crippen molar-refractivity contribution in [2.75, 3.05) is 0 Å². The molecule has 2 aromatic heterocycles. The first-order valence-electron chi connectivity index (χ1n) is 6.92. The Bertz CT molecular complexity index is 751. The number of thiophene rings is 2. The first kappa shape index (κ1) is 16.2. The molecule has 2 heterocycles. The van der Waals surface area contributed by atoms with Crippen LogP contribution in [0, 0.1) is 5.82 Å². The summed E-state index contributed by atoms with van der Waals surface area (Å²) in [6.07, 6.45) is 0. The molecule has 118 valence electrons. The van der Waals surface area contributed by atoms with Crippen molar-refractivity contribution in [2.45, 2.75) is 13.1 Å². The Morgan fingerprint density at radius 2 is 1.65 bits per heavy atom. The summed E-state index contributed by atoms with van der Waals surface area (Å²) in [6.45, 7) is 1.00. The van der Waals surface area contributed by atoms with Gasteiger partial charge >= 0.3 is 0 Å². The minimum atomic E-state index is -0.449. The molecule has 0 N–H and O–H groups in total. The number of halogens is 2. The highest BCUT2D eigenvalue weighted by Crippen LogP contribution is 2.23. The van der Waals surface area contributed by atoms with Crippen molar-refractivity contribution in [1.82, 2.24) is 4.90 Å². The first-order valence-corrected chi connectivity index (χ1v) is 9.06. The van der Waals surface area contributed by atoms with Gasteiger partial charge in [0.15, 0.2) is 0 Å². The molecule has 2 nitrogen and oxygen atoms in total. The van der Waals surface area contributed by atoms with Crippen molar-refractivity contribution in [1.29, 1.82) is 0 Å². The molecule has 23 heavy (non-hydrogen) atoms. The van der Waals surface area contributed by atoms with Crippen LogP contribution in [0.1, 0.15) is 20.1 Å². The predicted molar refractivity (Wildman–Crippen MR) is 93.6 cm³/mol. The third-order valence-corrected chi connectivity index (χ3v) is 5.34. The third-order valence-electron chi connectivity index (χ3n) is 3.30. The van der Waals surface area contributed by atoms with Gasteiger partial charge in [-0.15, -0.1) is 22.7 Å². The van der Waals surface area contributed by atoms with Crippen LogP contribution >= 0.6 is 34.3 Å². The van der Waals surface area contributed by atoms with E-state index in [1.54, 1.807) is 27.6 Å². The second kappa shape index (κ2) is 7.25. The highest BCUT2D eigenvalue weighted by molar-refractivity contribution is 7.10. The van der Waals surface area contributed by atoms with E-state index in [1.807, 2.05) is 35.0 Å². The van der Waals surface area contributed by atoms with Gasteiger partial charge in [-0.2, -0.15) is 0 Å². The highest BCUT2D eigenvalue weighted by atomic mass is 35.5. The molecular formula is C17H13ClFNOS2. The summed E-state index contributed by atoms with van der Waals surface area (Å²) in [4.78, 5) is 16.8. The van der Waals surface area contributed by atoms with Crippen molar-refractivity contribution in [3.63, 3.8) is 0 Å². The summed E-state index contributed by atoms with van der Waals surface area (Å²) in [5.41, 5.74) is 0.321. The molecule has 0 saturated carbocycles. The molecule has 0 unspecified atom stereocenters. The number of nitrogens with zero attached hydrogens (tertiary/aromatic N) is 1. The minimum Gasteiger partial charge on any atom is -0.328 e. The normalized spacial score (nSPS) is 10.7. The van der Waals surface area contributed by atoms with Crippen molar-refractivity contribution in [3.05, 3.63) is 79.4 Å². The van der Waals surface area contributed by atoms with Crippen molar-refractivity contribution in [3.8, 4) is 0 Å². The maximum atomic E-state index is 13.2. The van der Waals surface area contributed by atoms with E-state index in [9.17, 15) is 9.18 Å². The van der Waals surface area contributed by atoms with Crippen molar-refractivity contribution >= 4 is 40.2 Å². The summed E-state index contributed by atoms with van der Waals surface area (Å²) in [5, 5.41) is 4.10. The van der Waals surface area contributed by atoms with Gasteiger partial charge in [-0.25, -0.2) is 4.39 Å². The van der Waals surface area contributed by atoms with Gasteiger partial charge in [-0.1, -0.05) is 23.7 Å². The molecule has 0 aliphatic carbocycles. The topological polar surface area (TPSA) is 20.3 Å². The Morgan fingerprint density at radius 1 is 1.04 bits per heavy atom. The second-order valence-electron chi connectivity index (χ2n) is 4.94. The van der Waals surface area contributed by atoms with Crippen LogP contribution in [0.2, 0.25) is 5.02 Å². The summed E-state index contributed by atoms with van der Waals surface area (Å²) >= 11 is 9.25. The van der Waals surface area contributed by atoms with Crippen LogP contribution in [0.15, 0.2) is 53.2 Å². The smallest absolute Gasteiger partial charge is 0.256 e. The lowest BCUT2D eigenvalue weighted by Crippen LogP contribution is -2.29. The monoisotopic (exact) mass is 365 g/mol. The Hall–Kier alpha value is -1.69. The number of hydrogen-bond acceptors (Lipinski definition) is 3. The van der Waals surface area contributed by atoms with E-state index >= 15 is 0 Å². The summed E-state index contributed by atoms with van der Waals surface area (Å²) in [7, 11) is 0. The molecule has 3 aromatic rings. The maximum Gasteiger partial charge on any atom is 0.256 e. The van der Waals surface area contributed by atoms with E-state index in [2.05, 4.69) is 0 Å². The Kier molecular flexibility index (Phi) is 5.10. The molecule has 0 aliphatic rings. The molecule has 1 amide bonds. The quantitative estimate of drug-likeness (QED) is 0.589. The van der Waals surface area contributed by atoms with Gasteiger partial charge in [0.05, 0.1) is 23.7 Å². The van der Waals surface area contributed by atoms with Crippen LogP contribution in [0.4, 0.5) is 4.39 Å². The zero-order valence-electron chi connectivity index (χ0n) is 12.0. The van der Waals surface area contributed by atoms with Gasteiger partial charge in [0.25, 0.3) is 5.91 Å². The van der Waals surface area contributed by atoms with Gasteiger partial charge < -0.3 is 4.90 Å². The van der Waals surface area contributed by atoms with E-state index in [0.717, 1.165) is 9.75 Å². The Labute approximate surface area is 146 Å². The minimum absolute atomic E-state index is 0.136. The maximum absolute atomic E-state index is 13.2. The lowest BCUT2D eigenvalue weighted by molar-refractivity contribution is 0.0733. The molecular weight excluding hydrogens is 353 g/mol.